The van der Waals surface area contributed by atoms with E-state index in [9.17, 15) is 9.59 Å². The fourth-order valence-corrected chi connectivity index (χ4v) is 6.75. The Bertz CT molecular complexity index is 1740. The molecule has 1 saturated carbocycles. The molecule has 2 aromatic carbocycles. The minimum absolute atomic E-state index is 0.0825. The maximum Gasteiger partial charge on any atom is 0.303 e. The number of carboxylic acid groups (broad SMARTS) is 1. The maximum absolute atomic E-state index is 13.7. The Kier molecular flexibility index (Phi) is 16.8. The molecule has 14 heteroatoms. The van der Waals surface area contributed by atoms with E-state index in [1.807, 2.05) is 48.5 Å². The third kappa shape index (κ3) is 13.9. The Balaban J connectivity index is 1.01. The molecule has 2 fully saturated rings. The zero-order chi connectivity index (χ0) is 40.4. The van der Waals surface area contributed by atoms with Crippen molar-refractivity contribution in [2.24, 2.45) is 10.7 Å². The van der Waals surface area contributed by atoms with Crippen LogP contribution in [-0.4, -0.2) is 110 Å². The molecular formula is C43H59N7O7. The van der Waals surface area contributed by atoms with Gasteiger partial charge in [-0.3, -0.25) is 20.0 Å². The predicted octanol–water partition coefficient (Wildman–Crippen LogP) is 5.61. The van der Waals surface area contributed by atoms with Gasteiger partial charge >= 0.3 is 5.97 Å². The summed E-state index contributed by atoms with van der Waals surface area (Å²) in [5.41, 5.74) is 8.65. The van der Waals surface area contributed by atoms with Crippen LogP contribution in [0.1, 0.15) is 85.7 Å². The van der Waals surface area contributed by atoms with Crippen LogP contribution in [0.25, 0.3) is 0 Å². The summed E-state index contributed by atoms with van der Waals surface area (Å²) in [4.78, 5) is 34.9. The van der Waals surface area contributed by atoms with E-state index in [4.69, 9.17) is 35.2 Å². The van der Waals surface area contributed by atoms with E-state index < -0.39 is 17.0 Å². The summed E-state index contributed by atoms with van der Waals surface area (Å²) in [6.07, 6.45) is 11.1. The highest BCUT2D eigenvalue weighted by molar-refractivity contribution is 6.07. The van der Waals surface area contributed by atoms with Crippen molar-refractivity contribution in [1.29, 1.82) is 5.41 Å². The second-order valence-electron chi connectivity index (χ2n) is 14.8. The number of carbonyl (C=O) groups excluding carboxylic acids is 1. The number of aliphatic carboxylic acids is 1. The number of carbonyl (C=O) groups is 2. The molecule has 2 aliphatic rings. The second-order valence-corrected chi connectivity index (χ2v) is 14.8. The van der Waals surface area contributed by atoms with Crippen molar-refractivity contribution in [3.05, 3.63) is 89.7 Å². The number of piperidine rings is 1. The van der Waals surface area contributed by atoms with Crippen molar-refractivity contribution in [2.75, 3.05) is 71.7 Å². The van der Waals surface area contributed by atoms with Gasteiger partial charge in [-0.1, -0.05) is 24.6 Å². The number of rotatable bonds is 25. The zero-order valence-corrected chi connectivity index (χ0v) is 33.2. The number of nitrogens with two attached hydrogens (primary N) is 1. The summed E-state index contributed by atoms with van der Waals surface area (Å²) in [6.45, 7) is 5.38. The molecule has 0 bridgehead atoms. The van der Waals surface area contributed by atoms with Gasteiger partial charge in [-0.15, -0.1) is 0 Å². The average Bonchev–Trinajstić information content (AvgIpc) is 4.00. The minimum Gasteiger partial charge on any atom is -0.494 e. The van der Waals surface area contributed by atoms with Gasteiger partial charge in [-0.25, -0.2) is 4.99 Å². The normalized spacial score (nSPS) is 16.1. The number of unbranched alkanes of at least 4 members (excludes halogenated alkanes) is 3. The molecule has 14 nitrogen and oxygen atoms in total. The van der Waals surface area contributed by atoms with Crippen LogP contribution in [0.5, 0.6) is 5.75 Å². The van der Waals surface area contributed by atoms with E-state index in [0.29, 0.717) is 82.5 Å². The Morgan fingerprint density at radius 3 is 2.11 bits per heavy atom. The van der Waals surface area contributed by atoms with Crippen LogP contribution >= 0.6 is 0 Å². The van der Waals surface area contributed by atoms with Gasteiger partial charge in [0.05, 0.1) is 44.1 Å². The number of ether oxygens (including phenoxy) is 4. The second kappa shape index (κ2) is 22.2. The molecule has 308 valence electrons. The summed E-state index contributed by atoms with van der Waals surface area (Å²) in [5.74, 6) is 0.305. The van der Waals surface area contributed by atoms with Gasteiger partial charge in [0, 0.05) is 61.9 Å². The first-order valence-electron chi connectivity index (χ1n) is 20.1. The fraction of sp³-hybridized carbons (Fsp3) is 0.512. The SMILES string of the molecule is CN1CCC(Nc2cccc(C(=O)NC3(c4ccc(OCCCCCCOCCOCCOCCCC(=O)O)cc4)CC3)c2)(C(N)=NC(=N)c2ccncc2)CC1. The molecule has 1 amide bonds. The molecular weight excluding hydrogens is 727 g/mol. The first kappa shape index (κ1) is 43.2. The number of aliphatic imine (C=N–C) groups is 1. The highest BCUT2D eigenvalue weighted by atomic mass is 16.5. The number of amides is 1. The monoisotopic (exact) mass is 785 g/mol. The minimum atomic E-state index is -0.807. The standard InChI is InChI=1S/C43H59N7O7/c1-50-23-19-43(20-24-50,41(45)47-39(44)33-15-21-46-22-16-33)48-36-9-6-8-34(32-36)40(53)49-42(17-18-42)35-11-13-37(14-12-35)57-27-5-3-2-4-25-54-28-30-56-31-29-55-26-7-10-38(51)52/h6,8-9,11-16,21-22,32,48H,2-5,7,10,17-20,23-31H2,1H3,(H,49,53)(H,51,52)(H3,44,45,47). The summed E-state index contributed by atoms with van der Waals surface area (Å²) in [7, 11) is 2.08. The van der Waals surface area contributed by atoms with E-state index in [0.717, 1.165) is 68.6 Å². The molecule has 1 aliphatic carbocycles. The predicted molar refractivity (Wildman–Crippen MR) is 220 cm³/mol. The summed E-state index contributed by atoms with van der Waals surface area (Å²) in [6, 6.07) is 19.0. The molecule has 0 spiro atoms. The van der Waals surface area contributed by atoms with Gasteiger partial charge in [0.1, 0.15) is 11.6 Å². The Hall–Kier alpha value is -4.89. The van der Waals surface area contributed by atoms with Crippen molar-refractivity contribution >= 4 is 29.2 Å². The lowest BCUT2D eigenvalue weighted by Crippen LogP contribution is -2.56. The van der Waals surface area contributed by atoms with Gasteiger partial charge in [-0.05, 0) is 106 Å². The lowest BCUT2D eigenvalue weighted by molar-refractivity contribution is -0.137. The molecule has 0 radical (unpaired) electrons. The van der Waals surface area contributed by atoms with E-state index in [1.54, 1.807) is 24.5 Å². The van der Waals surface area contributed by atoms with Crippen molar-refractivity contribution in [2.45, 2.75) is 75.3 Å². The number of hydrogen-bond acceptors (Lipinski definition) is 10. The molecule has 1 aliphatic heterocycles. The molecule has 2 heterocycles. The van der Waals surface area contributed by atoms with Crippen LogP contribution in [0.15, 0.2) is 78.0 Å². The summed E-state index contributed by atoms with van der Waals surface area (Å²) >= 11 is 0. The lowest BCUT2D eigenvalue weighted by Gasteiger charge is -2.41. The molecule has 6 N–H and O–H groups in total. The topological polar surface area (TPSA) is 194 Å². The first-order valence-corrected chi connectivity index (χ1v) is 20.1. The number of hydrogen-bond donors (Lipinski definition) is 5. The number of likely N-dealkylation sites (tertiary alicyclic amines) is 1. The number of pyridine rings is 1. The number of anilines is 1. The van der Waals surface area contributed by atoms with E-state index in [1.165, 1.54) is 0 Å². The highest BCUT2D eigenvalue weighted by Crippen LogP contribution is 2.46. The van der Waals surface area contributed by atoms with Crippen molar-refractivity contribution in [3.63, 3.8) is 0 Å². The molecule has 1 saturated heterocycles. The first-order chi connectivity index (χ1) is 27.7. The van der Waals surface area contributed by atoms with E-state index >= 15 is 0 Å². The smallest absolute Gasteiger partial charge is 0.303 e. The van der Waals surface area contributed by atoms with E-state index in [-0.39, 0.29) is 18.2 Å². The maximum atomic E-state index is 13.7. The average molecular weight is 786 g/mol. The lowest BCUT2D eigenvalue weighted by atomic mass is 9.85. The number of aromatic nitrogens is 1. The van der Waals surface area contributed by atoms with Crippen molar-refractivity contribution in [3.8, 4) is 5.75 Å². The molecule has 3 aromatic rings. The quantitative estimate of drug-likeness (QED) is 0.0407. The van der Waals surface area contributed by atoms with Gasteiger partial charge in [0.15, 0.2) is 5.84 Å². The van der Waals surface area contributed by atoms with Crippen molar-refractivity contribution in [1.82, 2.24) is 15.2 Å². The van der Waals surface area contributed by atoms with Crippen molar-refractivity contribution < 1.29 is 33.6 Å². The van der Waals surface area contributed by atoms with Gasteiger partial charge in [-0.2, -0.15) is 0 Å². The molecule has 0 unspecified atom stereocenters. The van der Waals surface area contributed by atoms with Crippen LogP contribution in [-0.2, 0) is 24.5 Å². The molecule has 5 rings (SSSR count). The highest BCUT2D eigenvalue weighted by Gasteiger charge is 2.46. The molecule has 1 aromatic heterocycles. The molecule has 0 atom stereocenters. The third-order valence-corrected chi connectivity index (χ3v) is 10.4. The van der Waals surface area contributed by atoms with Gasteiger partial charge in [0.2, 0.25) is 0 Å². The summed E-state index contributed by atoms with van der Waals surface area (Å²) < 4.78 is 22.4. The van der Waals surface area contributed by atoms with E-state index in [2.05, 4.69) is 32.6 Å². The van der Waals surface area contributed by atoms with Gasteiger partial charge in [0.25, 0.3) is 5.91 Å². The Morgan fingerprint density at radius 1 is 0.825 bits per heavy atom. The summed E-state index contributed by atoms with van der Waals surface area (Å²) in [5, 5.41) is 24.1. The Labute approximate surface area is 336 Å². The van der Waals surface area contributed by atoms with Crippen LogP contribution in [0, 0.1) is 5.41 Å². The fourth-order valence-electron chi connectivity index (χ4n) is 6.75. The number of nitrogens with one attached hydrogen (secondary N) is 3. The number of carboxylic acids is 1. The number of benzene rings is 2. The number of amidine groups is 2. The molecule has 57 heavy (non-hydrogen) atoms. The van der Waals surface area contributed by atoms with Gasteiger partial charge < -0.3 is 45.3 Å². The zero-order valence-electron chi connectivity index (χ0n) is 33.2. The Morgan fingerprint density at radius 2 is 1.46 bits per heavy atom. The van der Waals surface area contributed by atoms with Crippen LogP contribution in [0.2, 0.25) is 0 Å². The van der Waals surface area contributed by atoms with Crippen LogP contribution < -0.4 is 21.1 Å². The number of nitrogens with zero attached hydrogens (tertiary/aromatic N) is 3. The van der Waals surface area contributed by atoms with Crippen LogP contribution in [0.3, 0.4) is 0 Å². The largest absolute Gasteiger partial charge is 0.494 e. The third-order valence-electron chi connectivity index (χ3n) is 10.4. The van der Waals surface area contributed by atoms with Crippen LogP contribution in [0.4, 0.5) is 5.69 Å².